The number of amides is 1. The summed E-state index contributed by atoms with van der Waals surface area (Å²) < 4.78 is 11.4. The second-order valence-corrected chi connectivity index (χ2v) is 7.69. The molecule has 144 valence electrons. The van der Waals surface area contributed by atoms with Crippen LogP contribution in [0.25, 0.3) is 11.4 Å². The van der Waals surface area contributed by atoms with E-state index in [-0.39, 0.29) is 18.2 Å². The monoisotopic (exact) mass is 370 g/mol. The van der Waals surface area contributed by atoms with Crippen molar-refractivity contribution in [1.82, 2.24) is 20.3 Å². The zero-order chi connectivity index (χ0) is 19.3. The standard InChI is InChI=1S/C20H26N4O3/c1-20(2,3)27-19(25)23-15-4-6-16(7-5-15)26-17-10-13-22-18(24-17)14-8-11-21-12-9-14/h8-13,15-16H,4-7H2,1-3H3,(H,23,25). The van der Waals surface area contributed by atoms with Crippen molar-refractivity contribution in [3.63, 3.8) is 0 Å². The summed E-state index contributed by atoms with van der Waals surface area (Å²) >= 11 is 0. The molecule has 0 saturated heterocycles. The van der Waals surface area contributed by atoms with Crippen LogP contribution in [0.5, 0.6) is 5.88 Å². The minimum atomic E-state index is -0.482. The van der Waals surface area contributed by atoms with Gasteiger partial charge in [-0.25, -0.2) is 9.78 Å². The maximum Gasteiger partial charge on any atom is 0.407 e. The Morgan fingerprint density at radius 3 is 2.44 bits per heavy atom. The van der Waals surface area contributed by atoms with Gasteiger partial charge in [0, 0.05) is 36.3 Å². The number of rotatable bonds is 4. The molecule has 0 aliphatic heterocycles. The first kappa shape index (κ1) is 19.1. The summed E-state index contributed by atoms with van der Waals surface area (Å²) in [5, 5.41) is 2.94. The highest BCUT2D eigenvalue weighted by atomic mass is 16.6. The molecule has 0 unspecified atom stereocenters. The molecule has 1 fully saturated rings. The average Bonchev–Trinajstić information content (AvgIpc) is 2.63. The largest absolute Gasteiger partial charge is 0.474 e. The number of alkyl carbamates (subject to hydrolysis) is 1. The van der Waals surface area contributed by atoms with E-state index >= 15 is 0 Å². The zero-order valence-corrected chi connectivity index (χ0v) is 16.0. The van der Waals surface area contributed by atoms with E-state index in [9.17, 15) is 4.79 Å². The van der Waals surface area contributed by atoms with Crippen molar-refractivity contribution in [3.05, 3.63) is 36.8 Å². The fraction of sp³-hybridized carbons (Fsp3) is 0.500. The maximum atomic E-state index is 11.9. The molecule has 1 saturated carbocycles. The van der Waals surface area contributed by atoms with Gasteiger partial charge in [-0.1, -0.05) is 0 Å². The number of hydrogen-bond donors (Lipinski definition) is 1. The molecular weight excluding hydrogens is 344 g/mol. The number of nitrogens with one attached hydrogen (secondary N) is 1. The number of ether oxygens (including phenoxy) is 2. The molecule has 0 atom stereocenters. The minimum absolute atomic E-state index is 0.0851. The topological polar surface area (TPSA) is 86.2 Å². The van der Waals surface area contributed by atoms with Crippen molar-refractivity contribution in [3.8, 4) is 17.3 Å². The molecule has 2 aromatic heterocycles. The van der Waals surface area contributed by atoms with Crippen LogP contribution in [0.15, 0.2) is 36.8 Å². The number of nitrogens with zero attached hydrogens (tertiary/aromatic N) is 3. The van der Waals surface area contributed by atoms with Crippen LogP contribution in [0.2, 0.25) is 0 Å². The normalized spacial score (nSPS) is 20.0. The minimum Gasteiger partial charge on any atom is -0.474 e. The van der Waals surface area contributed by atoms with Crippen LogP contribution in [-0.4, -0.2) is 38.8 Å². The molecule has 0 bridgehead atoms. The van der Waals surface area contributed by atoms with E-state index in [0.29, 0.717) is 11.7 Å². The van der Waals surface area contributed by atoms with E-state index in [2.05, 4.69) is 20.3 Å². The van der Waals surface area contributed by atoms with Crippen LogP contribution < -0.4 is 10.1 Å². The second kappa shape index (κ2) is 8.33. The summed E-state index contributed by atoms with van der Waals surface area (Å²) in [6.07, 6.45) is 8.28. The van der Waals surface area contributed by atoms with E-state index in [0.717, 1.165) is 31.2 Å². The van der Waals surface area contributed by atoms with E-state index in [1.54, 1.807) is 24.7 Å². The van der Waals surface area contributed by atoms with E-state index in [1.807, 2.05) is 32.9 Å². The first-order valence-electron chi connectivity index (χ1n) is 9.29. The predicted molar refractivity (Wildman–Crippen MR) is 101 cm³/mol. The molecule has 3 rings (SSSR count). The molecule has 27 heavy (non-hydrogen) atoms. The van der Waals surface area contributed by atoms with Gasteiger partial charge in [0.15, 0.2) is 5.82 Å². The van der Waals surface area contributed by atoms with Gasteiger partial charge in [-0.3, -0.25) is 4.98 Å². The average molecular weight is 370 g/mol. The molecule has 7 nitrogen and oxygen atoms in total. The van der Waals surface area contributed by atoms with Gasteiger partial charge in [-0.15, -0.1) is 0 Å². The third-order valence-corrected chi connectivity index (χ3v) is 4.25. The highest BCUT2D eigenvalue weighted by Gasteiger charge is 2.26. The van der Waals surface area contributed by atoms with Gasteiger partial charge >= 0.3 is 6.09 Å². The van der Waals surface area contributed by atoms with E-state index in [4.69, 9.17) is 9.47 Å². The van der Waals surface area contributed by atoms with Crippen molar-refractivity contribution < 1.29 is 14.3 Å². The Bertz CT molecular complexity index is 753. The number of hydrogen-bond acceptors (Lipinski definition) is 6. The Kier molecular flexibility index (Phi) is 5.88. The molecule has 1 amide bonds. The third kappa shape index (κ3) is 5.91. The fourth-order valence-corrected chi connectivity index (χ4v) is 3.02. The van der Waals surface area contributed by atoms with Crippen molar-refractivity contribution >= 4 is 6.09 Å². The molecule has 1 aliphatic carbocycles. The second-order valence-electron chi connectivity index (χ2n) is 7.69. The molecule has 2 aromatic rings. The van der Waals surface area contributed by atoms with Gasteiger partial charge in [0.05, 0.1) is 0 Å². The van der Waals surface area contributed by atoms with Gasteiger partial charge in [0.25, 0.3) is 0 Å². The quantitative estimate of drug-likeness (QED) is 0.882. The predicted octanol–water partition coefficient (Wildman–Crippen LogP) is 3.75. The summed E-state index contributed by atoms with van der Waals surface area (Å²) in [6.45, 7) is 5.58. The number of carbonyl (C=O) groups excluding carboxylic acids is 1. The Morgan fingerprint density at radius 1 is 1.07 bits per heavy atom. The number of aromatic nitrogens is 3. The third-order valence-electron chi connectivity index (χ3n) is 4.25. The number of pyridine rings is 1. The van der Waals surface area contributed by atoms with Gasteiger partial charge in [0.1, 0.15) is 11.7 Å². The van der Waals surface area contributed by atoms with Crippen LogP contribution in [0.1, 0.15) is 46.5 Å². The summed E-state index contributed by atoms with van der Waals surface area (Å²) in [5.74, 6) is 1.19. The fourth-order valence-electron chi connectivity index (χ4n) is 3.02. The smallest absolute Gasteiger partial charge is 0.407 e. The Labute approximate surface area is 159 Å². The Hall–Kier alpha value is -2.70. The summed E-state index contributed by atoms with van der Waals surface area (Å²) in [7, 11) is 0. The first-order chi connectivity index (χ1) is 12.9. The van der Waals surface area contributed by atoms with E-state index in [1.165, 1.54) is 0 Å². The van der Waals surface area contributed by atoms with E-state index < -0.39 is 5.60 Å². The highest BCUT2D eigenvalue weighted by molar-refractivity contribution is 5.68. The summed E-state index contributed by atoms with van der Waals surface area (Å²) in [5.41, 5.74) is 0.421. The summed E-state index contributed by atoms with van der Waals surface area (Å²) in [6, 6.07) is 5.63. The van der Waals surface area contributed by atoms with Crippen LogP contribution in [0.4, 0.5) is 4.79 Å². The van der Waals surface area contributed by atoms with Crippen LogP contribution in [-0.2, 0) is 4.74 Å². The molecule has 2 heterocycles. The molecular formula is C20H26N4O3. The van der Waals surface area contributed by atoms with Crippen molar-refractivity contribution in [2.45, 2.75) is 64.2 Å². The van der Waals surface area contributed by atoms with Gasteiger partial charge in [0.2, 0.25) is 5.88 Å². The first-order valence-corrected chi connectivity index (χ1v) is 9.29. The van der Waals surface area contributed by atoms with Gasteiger partial charge < -0.3 is 14.8 Å². The highest BCUT2D eigenvalue weighted by Crippen LogP contribution is 2.24. The van der Waals surface area contributed by atoms with Gasteiger partial charge in [-0.2, -0.15) is 4.98 Å². The lowest BCUT2D eigenvalue weighted by Gasteiger charge is -2.30. The molecule has 1 N–H and O–H groups in total. The van der Waals surface area contributed by atoms with Crippen LogP contribution >= 0.6 is 0 Å². The lowest BCUT2D eigenvalue weighted by molar-refractivity contribution is 0.0469. The molecule has 0 radical (unpaired) electrons. The van der Waals surface area contributed by atoms with Crippen molar-refractivity contribution in [2.24, 2.45) is 0 Å². The zero-order valence-electron chi connectivity index (χ0n) is 16.0. The molecule has 1 aliphatic rings. The Morgan fingerprint density at radius 2 is 1.78 bits per heavy atom. The van der Waals surface area contributed by atoms with Crippen LogP contribution in [0.3, 0.4) is 0 Å². The number of carbonyl (C=O) groups is 1. The molecule has 0 aromatic carbocycles. The van der Waals surface area contributed by atoms with Gasteiger partial charge in [-0.05, 0) is 58.6 Å². The maximum absolute atomic E-state index is 11.9. The summed E-state index contributed by atoms with van der Waals surface area (Å²) in [4.78, 5) is 24.7. The molecule has 0 spiro atoms. The van der Waals surface area contributed by atoms with Crippen molar-refractivity contribution in [1.29, 1.82) is 0 Å². The van der Waals surface area contributed by atoms with Crippen molar-refractivity contribution in [2.75, 3.05) is 0 Å². The molecule has 7 heteroatoms. The van der Waals surface area contributed by atoms with Crippen LogP contribution in [0, 0.1) is 0 Å². The lowest BCUT2D eigenvalue weighted by atomic mass is 9.93. The SMILES string of the molecule is CC(C)(C)OC(=O)NC1CCC(Oc2ccnc(-c3ccncc3)n2)CC1. The Balaban J connectivity index is 1.50. The lowest BCUT2D eigenvalue weighted by Crippen LogP contribution is -2.42.